The summed E-state index contributed by atoms with van der Waals surface area (Å²) < 4.78 is 27.0. The Balaban J connectivity index is 2.16. The van der Waals surface area contributed by atoms with Crippen molar-refractivity contribution in [2.24, 2.45) is 0 Å². The van der Waals surface area contributed by atoms with Gasteiger partial charge < -0.3 is 5.32 Å². The number of carbonyl (C=O) groups excluding carboxylic acids is 1. The van der Waals surface area contributed by atoms with Crippen LogP contribution in [-0.2, 0) is 6.54 Å². The van der Waals surface area contributed by atoms with E-state index >= 15 is 0 Å². The molecule has 1 aromatic carbocycles. The molecule has 0 unspecified atom stereocenters. The molecular formula is C13H9F2N3O3. The van der Waals surface area contributed by atoms with Crippen LogP contribution in [0.5, 0.6) is 0 Å². The molecule has 1 heterocycles. The van der Waals surface area contributed by atoms with E-state index in [9.17, 15) is 23.7 Å². The van der Waals surface area contributed by atoms with E-state index in [1.54, 1.807) is 18.2 Å². The number of hydrogen-bond acceptors (Lipinski definition) is 4. The van der Waals surface area contributed by atoms with Crippen molar-refractivity contribution in [2.75, 3.05) is 0 Å². The van der Waals surface area contributed by atoms with Crippen molar-refractivity contribution in [1.82, 2.24) is 10.3 Å². The Hall–Kier alpha value is -2.90. The lowest BCUT2D eigenvalue weighted by Crippen LogP contribution is -2.24. The largest absolute Gasteiger partial charge is 0.346 e. The van der Waals surface area contributed by atoms with Crippen LogP contribution in [0.2, 0.25) is 0 Å². The molecule has 0 aliphatic heterocycles. The van der Waals surface area contributed by atoms with Crippen LogP contribution in [0.25, 0.3) is 0 Å². The molecule has 0 saturated heterocycles. The lowest BCUT2D eigenvalue weighted by Gasteiger charge is -2.06. The Morgan fingerprint density at radius 3 is 2.67 bits per heavy atom. The number of amides is 1. The third-order valence-electron chi connectivity index (χ3n) is 2.63. The fraction of sp³-hybridized carbons (Fsp3) is 0.0769. The lowest BCUT2D eigenvalue weighted by atomic mass is 10.1. The average Bonchev–Trinajstić information content (AvgIpc) is 2.47. The van der Waals surface area contributed by atoms with E-state index in [2.05, 4.69) is 10.3 Å². The Kier molecular flexibility index (Phi) is 4.17. The first-order valence-corrected chi connectivity index (χ1v) is 5.80. The zero-order valence-electron chi connectivity index (χ0n) is 10.5. The van der Waals surface area contributed by atoms with Crippen LogP contribution in [0.4, 0.5) is 14.5 Å². The highest BCUT2D eigenvalue weighted by atomic mass is 19.1. The monoisotopic (exact) mass is 293 g/mol. The van der Waals surface area contributed by atoms with Gasteiger partial charge in [0, 0.05) is 6.20 Å². The Labute approximate surface area is 117 Å². The van der Waals surface area contributed by atoms with Crippen LogP contribution < -0.4 is 5.32 Å². The minimum Gasteiger partial charge on any atom is -0.346 e. The van der Waals surface area contributed by atoms with Crippen LogP contribution in [0.3, 0.4) is 0 Å². The molecule has 1 amide bonds. The maximum absolute atomic E-state index is 13.6. The molecule has 0 aliphatic carbocycles. The molecule has 6 nitrogen and oxygen atoms in total. The van der Waals surface area contributed by atoms with Gasteiger partial charge in [-0.25, -0.2) is 4.39 Å². The third kappa shape index (κ3) is 3.35. The van der Waals surface area contributed by atoms with Crippen LogP contribution in [0, 0.1) is 21.7 Å². The van der Waals surface area contributed by atoms with E-state index in [1.807, 2.05) is 0 Å². The number of nitro benzene ring substituents is 1. The number of hydrogen-bond donors (Lipinski definition) is 1. The minimum absolute atomic E-state index is 0.0255. The molecular weight excluding hydrogens is 284 g/mol. The highest BCUT2D eigenvalue weighted by molar-refractivity contribution is 5.94. The molecule has 1 N–H and O–H groups in total. The smallest absolute Gasteiger partial charge is 0.307 e. The van der Waals surface area contributed by atoms with E-state index in [0.29, 0.717) is 17.8 Å². The number of halogens is 2. The maximum Gasteiger partial charge on any atom is 0.307 e. The predicted molar refractivity (Wildman–Crippen MR) is 68.4 cm³/mol. The average molecular weight is 293 g/mol. The summed E-state index contributed by atoms with van der Waals surface area (Å²) in [4.78, 5) is 25.1. The topological polar surface area (TPSA) is 85.1 Å². The van der Waals surface area contributed by atoms with E-state index < -0.39 is 33.7 Å². The van der Waals surface area contributed by atoms with Crippen molar-refractivity contribution in [3.63, 3.8) is 0 Å². The van der Waals surface area contributed by atoms with Crippen molar-refractivity contribution < 1.29 is 18.5 Å². The van der Waals surface area contributed by atoms with Gasteiger partial charge in [0.05, 0.1) is 28.8 Å². The van der Waals surface area contributed by atoms with Gasteiger partial charge in [0.2, 0.25) is 5.82 Å². The van der Waals surface area contributed by atoms with Gasteiger partial charge in [-0.1, -0.05) is 6.07 Å². The highest BCUT2D eigenvalue weighted by Crippen LogP contribution is 2.21. The SMILES string of the molecule is O=C(NCc1ccccn1)c1cc(F)c([N+](=O)[O-])cc1F. The normalized spacial score (nSPS) is 10.2. The fourth-order valence-corrected chi connectivity index (χ4v) is 1.62. The van der Waals surface area contributed by atoms with Crippen LogP contribution >= 0.6 is 0 Å². The summed E-state index contributed by atoms with van der Waals surface area (Å²) in [6.45, 7) is 0.0255. The van der Waals surface area contributed by atoms with Gasteiger partial charge in [-0.3, -0.25) is 19.9 Å². The Morgan fingerprint density at radius 1 is 1.29 bits per heavy atom. The highest BCUT2D eigenvalue weighted by Gasteiger charge is 2.21. The van der Waals surface area contributed by atoms with Crippen molar-refractivity contribution in [2.45, 2.75) is 6.54 Å². The maximum atomic E-state index is 13.6. The zero-order valence-corrected chi connectivity index (χ0v) is 10.5. The number of aromatic nitrogens is 1. The second-order valence-electron chi connectivity index (χ2n) is 4.04. The number of nitrogens with one attached hydrogen (secondary N) is 1. The first-order valence-electron chi connectivity index (χ1n) is 5.80. The summed E-state index contributed by atoms with van der Waals surface area (Å²) in [6, 6.07) is 5.93. The van der Waals surface area contributed by atoms with Crippen molar-refractivity contribution >= 4 is 11.6 Å². The van der Waals surface area contributed by atoms with Crippen molar-refractivity contribution in [3.05, 3.63) is 69.5 Å². The minimum atomic E-state index is -1.27. The summed E-state index contributed by atoms with van der Waals surface area (Å²) in [5, 5.41) is 12.8. The van der Waals surface area contributed by atoms with E-state index in [1.165, 1.54) is 6.20 Å². The number of carbonyl (C=O) groups is 1. The molecule has 0 atom stereocenters. The molecule has 0 spiro atoms. The van der Waals surface area contributed by atoms with Crippen LogP contribution in [0.1, 0.15) is 16.1 Å². The number of nitrogens with zero attached hydrogens (tertiary/aromatic N) is 2. The molecule has 8 heteroatoms. The molecule has 21 heavy (non-hydrogen) atoms. The fourth-order valence-electron chi connectivity index (χ4n) is 1.62. The van der Waals surface area contributed by atoms with Gasteiger partial charge in [-0.2, -0.15) is 4.39 Å². The van der Waals surface area contributed by atoms with E-state index in [0.717, 1.165) is 0 Å². The zero-order chi connectivity index (χ0) is 15.4. The van der Waals surface area contributed by atoms with E-state index in [-0.39, 0.29) is 6.54 Å². The quantitative estimate of drug-likeness (QED) is 0.691. The molecule has 0 radical (unpaired) electrons. The van der Waals surface area contributed by atoms with Crippen LogP contribution in [0.15, 0.2) is 36.5 Å². The van der Waals surface area contributed by atoms with Gasteiger partial charge in [0.25, 0.3) is 5.91 Å². The Bertz CT molecular complexity index is 693. The molecule has 2 rings (SSSR count). The number of benzene rings is 1. The van der Waals surface area contributed by atoms with Gasteiger partial charge in [0.1, 0.15) is 5.82 Å². The van der Waals surface area contributed by atoms with Gasteiger partial charge in [-0.05, 0) is 18.2 Å². The third-order valence-corrected chi connectivity index (χ3v) is 2.63. The number of pyridine rings is 1. The molecule has 0 bridgehead atoms. The summed E-state index contributed by atoms with van der Waals surface area (Å²) in [6.07, 6.45) is 1.52. The molecule has 0 aliphatic rings. The summed E-state index contributed by atoms with van der Waals surface area (Å²) >= 11 is 0. The van der Waals surface area contributed by atoms with Gasteiger partial charge >= 0.3 is 5.69 Å². The van der Waals surface area contributed by atoms with Gasteiger partial charge in [-0.15, -0.1) is 0 Å². The first kappa shape index (κ1) is 14.5. The number of nitro groups is 1. The molecule has 1 aromatic heterocycles. The molecule has 108 valence electrons. The predicted octanol–water partition coefficient (Wildman–Crippen LogP) is 2.20. The Morgan fingerprint density at radius 2 is 2.05 bits per heavy atom. The van der Waals surface area contributed by atoms with Crippen molar-refractivity contribution in [1.29, 1.82) is 0 Å². The molecule has 0 saturated carbocycles. The summed E-state index contributed by atoms with van der Waals surface area (Å²) in [5.74, 6) is -3.32. The number of rotatable bonds is 4. The summed E-state index contributed by atoms with van der Waals surface area (Å²) in [7, 11) is 0. The van der Waals surface area contributed by atoms with Gasteiger partial charge in [0.15, 0.2) is 0 Å². The standard InChI is InChI=1S/C13H9F2N3O3/c14-10-6-12(18(20)21)11(15)5-9(10)13(19)17-7-8-3-1-2-4-16-8/h1-6H,7H2,(H,17,19). The molecule has 0 fully saturated rings. The molecule has 2 aromatic rings. The lowest BCUT2D eigenvalue weighted by molar-refractivity contribution is -0.387. The van der Waals surface area contributed by atoms with E-state index in [4.69, 9.17) is 0 Å². The second kappa shape index (κ2) is 6.04. The van der Waals surface area contributed by atoms with Crippen molar-refractivity contribution in [3.8, 4) is 0 Å². The van der Waals surface area contributed by atoms with Crippen LogP contribution in [-0.4, -0.2) is 15.8 Å². The summed E-state index contributed by atoms with van der Waals surface area (Å²) in [5.41, 5.74) is -1.09. The second-order valence-corrected chi connectivity index (χ2v) is 4.04. The first-order chi connectivity index (χ1) is 9.99.